The molecule has 0 fully saturated rings. The fourth-order valence-electron chi connectivity index (χ4n) is 1.64. The van der Waals surface area contributed by atoms with Crippen molar-refractivity contribution in [2.45, 2.75) is 46.1 Å². The fraction of sp³-hybridized carbons (Fsp3) is 0.769. The first-order chi connectivity index (χ1) is 9.04. The summed E-state index contributed by atoms with van der Waals surface area (Å²) in [6.07, 6.45) is 4.69. The highest BCUT2D eigenvalue weighted by Crippen LogP contribution is 2.07. The number of nitrogens with one attached hydrogen (secondary N) is 1. The van der Waals surface area contributed by atoms with Crippen molar-refractivity contribution >= 4 is 5.91 Å². The van der Waals surface area contributed by atoms with Crippen LogP contribution in [0.2, 0.25) is 0 Å². The van der Waals surface area contributed by atoms with Gasteiger partial charge in [0.15, 0.2) is 0 Å². The Morgan fingerprint density at radius 2 is 2.16 bits per heavy atom. The lowest BCUT2D eigenvalue weighted by atomic mass is 10.2. The first-order valence-corrected chi connectivity index (χ1v) is 6.93. The number of unbranched alkanes of at least 4 members (excludes halogenated alkanes) is 1. The molecule has 1 unspecified atom stereocenters. The third kappa shape index (κ3) is 5.38. The molecule has 0 saturated carbocycles. The number of nitrogens with two attached hydrogens (primary N) is 1. The van der Waals surface area contributed by atoms with Crippen LogP contribution in [0.15, 0.2) is 6.20 Å². The van der Waals surface area contributed by atoms with Crippen LogP contribution in [0.5, 0.6) is 0 Å². The van der Waals surface area contributed by atoms with Crippen molar-refractivity contribution in [3.63, 3.8) is 0 Å². The van der Waals surface area contributed by atoms with Gasteiger partial charge in [-0.2, -0.15) is 0 Å². The second-order valence-electron chi connectivity index (χ2n) is 5.25. The summed E-state index contributed by atoms with van der Waals surface area (Å²) in [7, 11) is 0. The molecule has 0 aromatic carbocycles. The van der Waals surface area contributed by atoms with Gasteiger partial charge in [-0.3, -0.25) is 4.79 Å². The van der Waals surface area contributed by atoms with Gasteiger partial charge in [-0.05, 0) is 38.6 Å². The number of carbonyl (C=O) groups excluding carboxylic acids is 1. The molecule has 0 aliphatic carbocycles. The van der Waals surface area contributed by atoms with Crippen molar-refractivity contribution in [2.75, 3.05) is 13.1 Å². The molecule has 3 N–H and O–H groups in total. The zero-order valence-corrected chi connectivity index (χ0v) is 12.1. The molecule has 0 bridgehead atoms. The number of amides is 1. The van der Waals surface area contributed by atoms with Crippen LogP contribution in [0, 0.1) is 5.92 Å². The Morgan fingerprint density at radius 1 is 1.42 bits per heavy atom. The van der Waals surface area contributed by atoms with E-state index in [1.165, 1.54) is 0 Å². The largest absolute Gasteiger partial charge is 0.354 e. The molecule has 1 amide bonds. The van der Waals surface area contributed by atoms with Gasteiger partial charge in [-0.25, -0.2) is 4.68 Å². The number of carbonyl (C=O) groups is 1. The molecule has 0 aliphatic rings. The van der Waals surface area contributed by atoms with Gasteiger partial charge >= 0.3 is 0 Å². The molecule has 1 rings (SSSR count). The summed E-state index contributed by atoms with van der Waals surface area (Å²) in [5.74, 6) is 0.422. The summed E-state index contributed by atoms with van der Waals surface area (Å²) in [4.78, 5) is 11.9. The Labute approximate surface area is 114 Å². The van der Waals surface area contributed by atoms with Gasteiger partial charge < -0.3 is 11.1 Å². The molecule has 6 heteroatoms. The average molecular weight is 267 g/mol. The van der Waals surface area contributed by atoms with E-state index in [0.717, 1.165) is 25.0 Å². The third-order valence-corrected chi connectivity index (χ3v) is 2.91. The number of nitrogens with zero attached hydrogens (tertiary/aromatic N) is 3. The first kappa shape index (κ1) is 15.6. The second-order valence-corrected chi connectivity index (χ2v) is 5.25. The van der Waals surface area contributed by atoms with Crippen molar-refractivity contribution in [3.8, 4) is 0 Å². The normalized spacial score (nSPS) is 12.7. The molecular formula is C13H25N5O. The molecule has 1 aromatic rings. The van der Waals surface area contributed by atoms with E-state index in [2.05, 4.69) is 29.5 Å². The Hall–Kier alpha value is -1.43. The molecule has 19 heavy (non-hydrogen) atoms. The number of aromatic nitrogens is 3. The lowest BCUT2D eigenvalue weighted by Gasteiger charge is -2.13. The summed E-state index contributed by atoms with van der Waals surface area (Å²) >= 11 is 0. The van der Waals surface area contributed by atoms with Crippen LogP contribution >= 0.6 is 0 Å². The Bertz CT molecular complexity index is 388. The first-order valence-electron chi connectivity index (χ1n) is 6.93. The average Bonchev–Trinajstić information content (AvgIpc) is 2.84. The number of aryl methyl sites for hydroxylation is 1. The predicted molar refractivity (Wildman–Crippen MR) is 74.6 cm³/mol. The standard InChI is InChI=1S/C13H25N5O/c1-10(2)8-15-13(19)11(3)18-9-12(16-17-18)6-4-5-7-14/h9-11H,4-8,14H2,1-3H3,(H,15,19). The number of hydrogen-bond donors (Lipinski definition) is 2. The van der Waals surface area contributed by atoms with Crippen molar-refractivity contribution in [1.29, 1.82) is 0 Å². The van der Waals surface area contributed by atoms with Gasteiger partial charge in [0.05, 0.1) is 5.69 Å². The predicted octanol–water partition coefficient (Wildman–Crippen LogP) is 0.893. The lowest BCUT2D eigenvalue weighted by Crippen LogP contribution is -2.33. The van der Waals surface area contributed by atoms with Crippen LogP contribution in [0.1, 0.15) is 45.3 Å². The highest BCUT2D eigenvalue weighted by atomic mass is 16.2. The fourth-order valence-corrected chi connectivity index (χ4v) is 1.64. The molecule has 0 aliphatic heterocycles. The van der Waals surface area contributed by atoms with E-state index in [-0.39, 0.29) is 11.9 Å². The Morgan fingerprint density at radius 3 is 2.79 bits per heavy atom. The minimum absolute atomic E-state index is 0.0212. The quantitative estimate of drug-likeness (QED) is 0.685. The van der Waals surface area contributed by atoms with Gasteiger partial charge in [-0.1, -0.05) is 19.1 Å². The lowest BCUT2D eigenvalue weighted by molar-refractivity contribution is -0.124. The van der Waals surface area contributed by atoms with Crippen LogP contribution in [0.3, 0.4) is 0 Å². The van der Waals surface area contributed by atoms with Crippen LogP contribution in [0.4, 0.5) is 0 Å². The molecule has 6 nitrogen and oxygen atoms in total. The van der Waals surface area contributed by atoms with Gasteiger partial charge in [0.25, 0.3) is 0 Å². The maximum atomic E-state index is 11.9. The van der Waals surface area contributed by atoms with Crippen molar-refractivity contribution in [3.05, 3.63) is 11.9 Å². The molecule has 108 valence electrons. The van der Waals surface area contributed by atoms with E-state index in [4.69, 9.17) is 5.73 Å². The van der Waals surface area contributed by atoms with Crippen molar-refractivity contribution in [1.82, 2.24) is 20.3 Å². The second kappa shape index (κ2) is 7.89. The minimum atomic E-state index is -0.325. The van der Waals surface area contributed by atoms with E-state index < -0.39 is 0 Å². The maximum absolute atomic E-state index is 11.9. The Kier molecular flexibility index (Phi) is 6.49. The highest BCUT2D eigenvalue weighted by molar-refractivity contribution is 5.79. The summed E-state index contributed by atoms with van der Waals surface area (Å²) in [5, 5.41) is 11.0. The van der Waals surface area contributed by atoms with E-state index in [9.17, 15) is 4.79 Å². The van der Waals surface area contributed by atoms with Crippen LogP contribution in [0.25, 0.3) is 0 Å². The van der Waals surface area contributed by atoms with Crippen LogP contribution < -0.4 is 11.1 Å². The Balaban J connectivity index is 2.47. The van der Waals surface area contributed by atoms with E-state index in [1.54, 1.807) is 4.68 Å². The molecule has 0 saturated heterocycles. The monoisotopic (exact) mass is 267 g/mol. The van der Waals surface area contributed by atoms with Gasteiger partial charge in [-0.15, -0.1) is 5.10 Å². The molecular weight excluding hydrogens is 242 g/mol. The summed E-state index contributed by atoms with van der Waals surface area (Å²) in [6, 6.07) is -0.325. The smallest absolute Gasteiger partial charge is 0.244 e. The van der Waals surface area contributed by atoms with Crippen LogP contribution in [-0.4, -0.2) is 34.0 Å². The summed E-state index contributed by atoms with van der Waals surface area (Å²) in [6.45, 7) is 7.34. The SMILES string of the molecule is CC(C)CNC(=O)C(C)n1cc(CCCCN)nn1. The van der Waals surface area contributed by atoms with Gasteiger partial charge in [0.1, 0.15) is 6.04 Å². The minimum Gasteiger partial charge on any atom is -0.354 e. The molecule has 0 radical (unpaired) electrons. The maximum Gasteiger partial charge on any atom is 0.244 e. The molecule has 1 aromatic heterocycles. The van der Waals surface area contributed by atoms with Crippen molar-refractivity contribution in [2.24, 2.45) is 11.7 Å². The van der Waals surface area contributed by atoms with Crippen LogP contribution in [-0.2, 0) is 11.2 Å². The van der Waals surface area contributed by atoms with Gasteiger partial charge in [0, 0.05) is 12.7 Å². The van der Waals surface area contributed by atoms with E-state index >= 15 is 0 Å². The molecule has 0 spiro atoms. The highest BCUT2D eigenvalue weighted by Gasteiger charge is 2.16. The van der Waals surface area contributed by atoms with Gasteiger partial charge in [0.2, 0.25) is 5.91 Å². The van der Waals surface area contributed by atoms with E-state index in [1.807, 2.05) is 13.1 Å². The summed E-state index contributed by atoms with van der Waals surface area (Å²) < 4.78 is 1.62. The topological polar surface area (TPSA) is 85.8 Å². The molecule has 1 heterocycles. The van der Waals surface area contributed by atoms with Crippen molar-refractivity contribution < 1.29 is 4.79 Å². The molecule has 1 atom stereocenters. The zero-order valence-electron chi connectivity index (χ0n) is 12.1. The van der Waals surface area contributed by atoms with E-state index in [0.29, 0.717) is 19.0 Å². The summed E-state index contributed by atoms with van der Waals surface area (Å²) in [5.41, 5.74) is 6.36. The third-order valence-electron chi connectivity index (χ3n) is 2.91. The number of hydrogen-bond acceptors (Lipinski definition) is 4. The zero-order chi connectivity index (χ0) is 14.3. The number of rotatable bonds is 8.